The minimum absolute atomic E-state index is 0.0722. The normalized spacial score (nSPS) is 15.4. The first-order chi connectivity index (χ1) is 25.1. The fraction of sp³-hybridized carbons (Fsp3) is 0.882. The Balaban J connectivity index is 4.94. The molecule has 0 aliphatic carbocycles. The molecule has 0 rings (SSSR count). The lowest BCUT2D eigenvalue weighted by Crippen LogP contribution is -2.30. The van der Waals surface area contributed by atoms with E-state index in [4.69, 9.17) is 37.0 Å². The van der Waals surface area contributed by atoms with Crippen molar-refractivity contribution in [3.05, 3.63) is 0 Å². The van der Waals surface area contributed by atoms with E-state index in [1.165, 1.54) is 12.8 Å². The SMILES string of the molecule is CCCCCCCCCCC(=O)O[C@H](COC(=O)CCCCCC)COP(=O)(O)OC[C@H](O)COP(=O)(O)OC[C@@H](COC(C)=O)OC(=O)CCCC. The van der Waals surface area contributed by atoms with Crippen LogP contribution in [0.3, 0.4) is 0 Å². The van der Waals surface area contributed by atoms with E-state index in [-0.39, 0.29) is 19.3 Å². The fourth-order valence-electron chi connectivity index (χ4n) is 4.45. The summed E-state index contributed by atoms with van der Waals surface area (Å²) in [5.74, 6) is -2.42. The molecule has 0 aliphatic heterocycles. The number of carbonyl (C=O) groups is 4. The Kier molecular flexibility index (Phi) is 30.1. The van der Waals surface area contributed by atoms with Gasteiger partial charge in [0, 0.05) is 26.2 Å². The molecular weight excluding hydrogens is 742 g/mol. The molecule has 0 aromatic rings. The summed E-state index contributed by atoms with van der Waals surface area (Å²) in [5, 5.41) is 10.1. The van der Waals surface area contributed by atoms with Crippen molar-refractivity contribution >= 4 is 39.5 Å². The third-order valence-electron chi connectivity index (χ3n) is 7.41. The van der Waals surface area contributed by atoms with Gasteiger partial charge in [0.15, 0.2) is 12.2 Å². The van der Waals surface area contributed by atoms with Crippen LogP contribution in [0.25, 0.3) is 0 Å². The van der Waals surface area contributed by atoms with Gasteiger partial charge in [-0.1, -0.05) is 91.4 Å². The Morgan fingerprint density at radius 2 is 0.849 bits per heavy atom. The number of unbranched alkanes of at least 4 members (excludes halogenated alkanes) is 11. The number of aliphatic hydroxyl groups is 1. The largest absolute Gasteiger partial charge is 0.472 e. The highest BCUT2D eigenvalue weighted by Gasteiger charge is 2.30. The molecule has 5 atom stereocenters. The summed E-state index contributed by atoms with van der Waals surface area (Å²) in [6.07, 6.45) is 9.05. The molecule has 17 nitrogen and oxygen atoms in total. The van der Waals surface area contributed by atoms with Crippen LogP contribution in [-0.2, 0) is 65.4 Å². The quantitative estimate of drug-likeness (QED) is 0.0278. The number of rotatable bonds is 35. The Morgan fingerprint density at radius 1 is 0.491 bits per heavy atom. The first-order valence-electron chi connectivity index (χ1n) is 18.7. The van der Waals surface area contributed by atoms with Gasteiger partial charge in [-0.05, 0) is 19.3 Å². The molecule has 53 heavy (non-hydrogen) atoms. The zero-order valence-corrected chi connectivity index (χ0v) is 33.7. The second kappa shape index (κ2) is 31.3. The van der Waals surface area contributed by atoms with Gasteiger partial charge in [-0.15, -0.1) is 0 Å². The Hall–Kier alpha value is -1.94. The van der Waals surface area contributed by atoms with Gasteiger partial charge in [0.05, 0.1) is 26.4 Å². The summed E-state index contributed by atoms with van der Waals surface area (Å²) in [6, 6.07) is 0. The van der Waals surface area contributed by atoms with E-state index in [2.05, 4.69) is 6.92 Å². The van der Waals surface area contributed by atoms with Crippen LogP contribution in [0.15, 0.2) is 0 Å². The summed E-state index contributed by atoms with van der Waals surface area (Å²) in [7, 11) is -9.75. The number of ether oxygens (including phenoxy) is 4. The van der Waals surface area contributed by atoms with Crippen molar-refractivity contribution in [3.8, 4) is 0 Å². The Morgan fingerprint density at radius 3 is 1.30 bits per heavy atom. The number of carbonyl (C=O) groups excluding carboxylic acids is 4. The maximum Gasteiger partial charge on any atom is 0.472 e. The first-order valence-corrected chi connectivity index (χ1v) is 21.7. The van der Waals surface area contributed by atoms with Crippen molar-refractivity contribution in [2.75, 3.05) is 39.6 Å². The van der Waals surface area contributed by atoms with Crippen LogP contribution in [0.2, 0.25) is 0 Å². The summed E-state index contributed by atoms with van der Waals surface area (Å²) < 4.78 is 64.6. The van der Waals surface area contributed by atoms with E-state index in [0.717, 1.165) is 64.7 Å². The zero-order chi connectivity index (χ0) is 40.0. The van der Waals surface area contributed by atoms with Crippen LogP contribution in [0.5, 0.6) is 0 Å². The van der Waals surface area contributed by atoms with Crippen molar-refractivity contribution in [1.29, 1.82) is 0 Å². The van der Waals surface area contributed by atoms with Crippen LogP contribution < -0.4 is 0 Å². The molecule has 0 heterocycles. The molecule has 0 aliphatic rings. The summed E-state index contributed by atoms with van der Waals surface area (Å²) in [5.41, 5.74) is 0. The number of hydrogen-bond donors (Lipinski definition) is 3. The Bertz CT molecular complexity index is 1110. The average Bonchev–Trinajstić information content (AvgIpc) is 3.10. The predicted molar refractivity (Wildman–Crippen MR) is 192 cm³/mol. The topological polar surface area (TPSA) is 237 Å². The Labute approximate surface area is 314 Å². The van der Waals surface area contributed by atoms with Crippen LogP contribution in [0.1, 0.15) is 137 Å². The third-order valence-corrected chi connectivity index (χ3v) is 9.31. The van der Waals surface area contributed by atoms with Gasteiger partial charge in [-0.2, -0.15) is 0 Å². The molecule has 0 radical (unpaired) electrons. The highest BCUT2D eigenvalue weighted by atomic mass is 31.2. The number of phosphoric ester groups is 2. The second-order valence-corrected chi connectivity index (χ2v) is 15.5. The van der Waals surface area contributed by atoms with Gasteiger partial charge in [0.2, 0.25) is 0 Å². The molecule has 3 N–H and O–H groups in total. The van der Waals surface area contributed by atoms with E-state index in [0.29, 0.717) is 19.3 Å². The molecule has 0 spiro atoms. The van der Waals surface area contributed by atoms with E-state index >= 15 is 0 Å². The minimum Gasteiger partial charge on any atom is -0.462 e. The third kappa shape index (κ3) is 32.1. The number of esters is 4. The number of phosphoric acid groups is 2. The number of hydrogen-bond acceptors (Lipinski definition) is 15. The van der Waals surface area contributed by atoms with E-state index in [1.807, 2.05) is 13.8 Å². The smallest absolute Gasteiger partial charge is 0.462 e. The van der Waals surface area contributed by atoms with Gasteiger partial charge >= 0.3 is 39.5 Å². The van der Waals surface area contributed by atoms with Crippen molar-refractivity contribution in [2.45, 2.75) is 155 Å². The van der Waals surface area contributed by atoms with Crippen molar-refractivity contribution in [3.63, 3.8) is 0 Å². The lowest BCUT2D eigenvalue weighted by molar-refractivity contribution is -0.161. The summed E-state index contributed by atoms with van der Waals surface area (Å²) in [4.78, 5) is 68.0. The van der Waals surface area contributed by atoms with E-state index < -0.39 is 97.5 Å². The van der Waals surface area contributed by atoms with Crippen LogP contribution in [0.4, 0.5) is 0 Å². The molecule has 2 unspecified atom stereocenters. The first kappa shape index (κ1) is 51.1. The highest BCUT2D eigenvalue weighted by molar-refractivity contribution is 7.47. The van der Waals surface area contributed by atoms with Gasteiger partial charge in [0.1, 0.15) is 19.3 Å². The average molecular weight is 807 g/mol. The molecule has 0 fully saturated rings. The molecule has 19 heteroatoms. The summed E-state index contributed by atoms with van der Waals surface area (Å²) in [6.45, 7) is 3.15. The predicted octanol–water partition coefficient (Wildman–Crippen LogP) is 6.24. The molecule has 0 saturated carbocycles. The monoisotopic (exact) mass is 806 g/mol. The number of aliphatic hydroxyl groups excluding tert-OH is 1. The molecule has 0 bridgehead atoms. The van der Waals surface area contributed by atoms with Crippen LogP contribution in [-0.4, -0.2) is 96.7 Å². The zero-order valence-electron chi connectivity index (χ0n) is 31.9. The van der Waals surface area contributed by atoms with Crippen LogP contribution >= 0.6 is 15.6 Å². The molecule has 0 saturated heterocycles. The second-order valence-electron chi connectivity index (χ2n) is 12.6. The minimum atomic E-state index is -4.89. The maximum absolute atomic E-state index is 12.5. The maximum atomic E-state index is 12.5. The van der Waals surface area contributed by atoms with E-state index in [9.17, 15) is 43.2 Å². The van der Waals surface area contributed by atoms with Gasteiger partial charge in [0.25, 0.3) is 0 Å². The van der Waals surface area contributed by atoms with Crippen molar-refractivity contribution < 1.29 is 80.2 Å². The molecular formula is C34H64O17P2. The lowest BCUT2D eigenvalue weighted by atomic mass is 10.1. The van der Waals surface area contributed by atoms with Crippen molar-refractivity contribution in [1.82, 2.24) is 0 Å². The van der Waals surface area contributed by atoms with E-state index in [1.54, 1.807) is 0 Å². The van der Waals surface area contributed by atoms with Gasteiger partial charge in [-0.25, -0.2) is 9.13 Å². The highest BCUT2D eigenvalue weighted by Crippen LogP contribution is 2.45. The molecule has 0 aromatic heterocycles. The van der Waals surface area contributed by atoms with Gasteiger partial charge < -0.3 is 33.8 Å². The standard InChI is InChI=1S/C34H64O17P2/c1-5-8-11-13-14-15-16-18-21-34(39)51-31(25-45-32(37)20-17-12-9-6-2)27-49-53(42,43)47-23-29(36)22-46-52(40,41)48-26-30(24-44-28(4)35)50-33(38)19-10-7-3/h29-31,36H,5-27H2,1-4H3,(H,40,41)(H,42,43)/t29-,30-,31-/m1/s1. The van der Waals surface area contributed by atoms with Crippen LogP contribution in [0, 0.1) is 0 Å². The fourth-order valence-corrected chi connectivity index (χ4v) is 6.03. The summed E-state index contributed by atoms with van der Waals surface area (Å²) >= 11 is 0. The van der Waals surface area contributed by atoms with Gasteiger partial charge in [-0.3, -0.25) is 37.3 Å². The lowest BCUT2D eigenvalue weighted by Gasteiger charge is -2.21. The molecule has 0 aromatic carbocycles. The molecule has 0 amide bonds. The van der Waals surface area contributed by atoms with Crippen molar-refractivity contribution in [2.24, 2.45) is 0 Å². The molecule has 312 valence electrons.